The number of nitrogens with one attached hydrogen (secondary N) is 2. The zero-order valence-electron chi connectivity index (χ0n) is 14.4. The van der Waals surface area contributed by atoms with Gasteiger partial charge in [0.25, 0.3) is 0 Å². The first-order chi connectivity index (χ1) is 12.6. The van der Waals surface area contributed by atoms with Crippen LogP contribution in [0.3, 0.4) is 0 Å². The number of aromatic nitrogens is 1. The Hall–Kier alpha value is -2.23. The first kappa shape index (κ1) is 18.1. The van der Waals surface area contributed by atoms with Crippen LogP contribution in [0.1, 0.15) is 18.0 Å². The van der Waals surface area contributed by atoms with Crippen molar-refractivity contribution in [1.82, 2.24) is 9.71 Å². The number of aromatic amines is 1. The summed E-state index contributed by atoms with van der Waals surface area (Å²) in [5.74, 6) is -0.461. The second-order valence-electron chi connectivity index (χ2n) is 6.74. The zero-order chi connectivity index (χ0) is 19.4. The molecule has 0 spiro atoms. The van der Waals surface area contributed by atoms with Gasteiger partial charge in [-0.05, 0) is 47.9 Å². The number of rotatable bonds is 4. The minimum Gasteiger partial charge on any atom is -0.360 e. The highest BCUT2D eigenvalue weighted by Crippen LogP contribution is 2.37. The minimum absolute atomic E-state index is 0.115. The number of halogens is 1. The van der Waals surface area contributed by atoms with E-state index in [0.29, 0.717) is 11.1 Å². The number of hydrogen-bond donors (Lipinski definition) is 2. The molecule has 1 aliphatic rings. The fourth-order valence-electron chi connectivity index (χ4n) is 3.43. The lowest BCUT2D eigenvalue weighted by Gasteiger charge is -2.10. The van der Waals surface area contributed by atoms with Gasteiger partial charge in [0.15, 0.2) is 0 Å². The minimum atomic E-state index is -3.66. The molecule has 0 saturated heterocycles. The van der Waals surface area contributed by atoms with Crippen molar-refractivity contribution < 1.29 is 21.2 Å². The predicted molar refractivity (Wildman–Crippen MR) is 101 cm³/mol. The molecule has 4 rings (SSSR count). The molecule has 1 unspecified atom stereocenters. The molecule has 3 aromatic rings. The smallest absolute Gasteiger partial charge is 0.241 e. The predicted octanol–water partition coefficient (Wildman–Crippen LogP) is 2.74. The Bertz CT molecular complexity index is 1260. The van der Waals surface area contributed by atoms with Gasteiger partial charge < -0.3 is 4.98 Å². The van der Waals surface area contributed by atoms with E-state index in [0.717, 1.165) is 22.8 Å². The van der Waals surface area contributed by atoms with Gasteiger partial charge >= 0.3 is 0 Å². The average Bonchev–Trinajstić information content (AvgIpc) is 3.10. The molecule has 2 heterocycles. The number of benzene rings is 2. The lowest BCUT2D eigenvalue weighted by Crippen LogP contribution is -2.21. The Balaban J connectivity index is 1.79. The molecule has 0 amide bonds. The maximum atomic E-state index is 13.4. The fraction of sp³-hybridized carbons (Fsp3) is 0.222. The van der Waals surface area contributed by atoms with Crippen LogP contribution in [0.25, 0.3) is 22.0 Å². The van der Waals surface area contributed by atoms with Crippen LogP contribution in [-0.2, 0) is 19.9 Å². The molecular weight excluding hydrogens is 391 g/mol. The molecule has 142 valence electrons. The maximum absolute atomic E-state index is 13.4. The fourth-order valence-corrected chi connectivity index (χ4v) is 5.60. The molecule has 0 radical (unpaired) electrons. The second-order valence-corrected chi connectivity index (χ2v) is 10.7. The van der Waals surface area contributed by atoms with E-state index < -0.39 is 25.9 Å². The van der Waals surface area contributed by atoms with Crippen molar-refractivity contribution in [3.63, 3.8) is 0 Å². The van der Waals surface area contributed by atoms with Crippen LogP contribution in [0.4, 0.5) is 4.39 Å². The monoisotopic (exact) mass is 408 g/mol. The average molecular weight is 408 g/mol. The molecule has 0 bridgehead atoms. The third-order valence-electron chi connectivity index (χ3n) is 4.70. The maximum Gasteiger partial charge on any atom is 0.241 e. The van der Waals surface area contributed by atoms with Gasteiger partial charge in [-0.25, -0.2) is 25.9 Å². The standard InChI is InChI=1S/C18H17FN2O4S2/c1-26(22,23)7-6-16-14-8-11(2-5-18(14)27(24,25)21-16)15-10-20-17-9-12(19)3-4-13(15)17/h2-5,8-10,16,20-21H,6-7H2,1H3. The molecule has 1 aliphatic heterocycles. The third-order valence-corrected chi connectivity index (χ3v) is 7.23. The molecule has 0 saturated carbocycles. The molecule has 1 aromatic heterocycles. The van der Waals surface area contributed by atoms with Crippen molar-refractivity contribution in [2.45, 2.75) is 17.4 Å². The van der Waals surface area contributed by atoms with Gasteiger partial charge in [-0.15, -0.1) is 0 Å². The summed E-state index contributed by atoms with van der Waals surface area (Å²) in [6, 6.07) is 8.81. The Kier molecular flexibility index (Phi) is 4.13. The van der Waals surface area contributed by atoms with Crippen LogP contribution in [0, 0.1) is 5.82 Å². The van der Waals surface area contributed by atoms with Crippen molar-refractivity contribution in [2.24, 2.45) is 0 Å². The highest BCUT2D eigenvalue weighted by molar-refractivity contribution is 7.90. The Labute approximate surface area is 156 Å². The molecule has 2 aromatic carbocycles. The van der Waals surface area contributed by atoms with Gasteiger partial charge in [0.05, 0.1) is 10.6 Å². The van der Waals surface area contributed by atoms with E-state index in [1.807, 2.05) is 0 Å². The Morgan fingerprint density at radius 1 is 1.15 bits per heavy atom. The van der Waals surface area contributed by atoms with E-state index >= 15 is 0 Å². The van der Waals surface area contributed by atoms with Crippen molar-refractivity contribution in [2.75, 3.05) is 12.0 Å². The molecular formula is C18H17FN2O4S2. The van der Waals surface area contributed by atoms with Crippen molar-refractivity contribution in [3.05, 3.63) is 54.0 Å². The summed E-state index contributed by atoms with van der Waals surface area (Å²) in [5, 5.41) is 0.817. The number of H-pyrrole nitrogens is 1. The number of sulfonamides is 1. The summed E-state index contributed by atoms with van der Waals surface area (Å²) in [6.07, 6.45) is 3.03. The number of hydrogen-bond acceptors (Lipinski definition) is 4. The summed E-state index contributed by atoms with van der Waals surface area (Å²) in [6.45, 7) is 0. The SMILES string of the molecule is CS(=O)(=O)CCC1NS(=O)(=O)c2ccc(-c3c[nH]c4cc(F)ccc34)cc21. The summed E-state index contributed by atoms with van der Waals surface area (Å²) >= 11 is 0. The highest BCUT2D eigenvalue weighted by atomic mass is 32.2. The first-order valence-corrected chi connectivity index (χ1v) is 11.8. The molecule has 1 atom stereocenters. The van der Waals surface area contributed by atoms with Gasteiger partial charge in [0.2, 0.25) is 10.0 Å². The molecule has 0 fully saturated rings. The molecule has 27 heavy (non-hydrogen) atoms. The van der Waals surface area contributed by atoms with E-state index in [-0.39, 0.29) is 22.9 Å². The van der Waals surface area contributed by atoms with E-state index in [2.05, 4.69) is 9.71 Å². The molecule has 0 aliphatic carbocycles. The first-order valence-electron chi connectivity index (χ1n) is 8.25. The third kappa shape index (κ3) is 3.38. The van der Waals surface area contributed by atoms with Gasteiger partial charge in [0, 0.05) is 35.0 Å². The van der Waals surface area contributed by atoms with Crippen LogP contribution < -0.4 is 4.72 Å². The molecule has 6 nitrogen and oxygen atoms in total. The van der Waals surface area contributed by atoms with Crippen LogP contribution in [-0.4, -0.2) is 33.8 Å². The lowest BCUT2D eigenvalue weighted by molar-refractivity contribution is 0.563. The van der Waals surface area contributed by atoms with E-state index in [9.17, 15) is 21.2 Å². The Morgan fingerprint density at radius 2 is 1.93 bits per heavy atom. The van der Waals surface area contributed by atoms with E-state index in [1.165, 1.54) is 18.2 Å². The van der Waals surface area contributed by atoms with E-state index in [4.69, 9.17) is 0 Å². The summed E-state index contributed by atoms with van der Waals surface area (Å²) in [4.78, 5) is 3.18. The Morgan fingerprint density at radius 3 is 2.67 bits per heavy atom. The lowest BCUT2D eigenvalue weighted by atomic mass is 9.98. The van der Waals surface area contributed by atoms with E-state index in [1.54, 1.807) is 24.4 Å². The van der Waals surface area contributed by atoms with Gasteiger partial charge in [-0.3, -0.25) is 0 Å². The summed E-state index contributed by atoms with van der Waals surface area (Å²) < 4.78 is 63.5. The van der Waals surface area contributed by atoms with Crippen LogP contribution in [0.15, 0.2) is 47.5 Å². The van der Waals surface area contributed by atoms with Crippen molar-refractivity contribution >= 4 is 30.8 Å². The second kappa shape index (κ2) is 6.15. The van der Waals surface area contributed by atoms with Gasteiger partial charge in [-0.2, -0.15) is 0 Å². The number of fused-ring (bicyclic) bond motifs is 2. The topological polar surface area (TPSA) is 96.1 Å². The van der Waals surface area contributed by atoms with Crippen LogP contribution >= 0.6 is 0 Å². The molecule has 2 N–H and O–H groups in total. The largest absolute Gasteiger partial charge is 0.360 e. The normalized spacial score (nSPS) is 18.7. The summed E-state index contributed by atoms with van der Waals surface area (Å²) in [7, 11) is -6.87. The highest BCUT2D eigenvalue weighted by Gasteiger charge is 2.34. The van der Waals surface area contributed by atoms with Crippen LogP contribution in [0.5, 0.6) is 0 Å². The van der Waals surface area contributed by atoms with Crippen molar-refractivity contribution in [3.8, 4) is 11.1 Å². The zero-order valence-corrected chi connectivity index (χ0v) is 16.0. The van der Waals surface area contributed by atoms with Gasteiger partial charge in [0.1, 0.15) is 15.7 Å². The summed E-state index contributed by atoms with van der Waals surface area (Å²) in [5.41, 5.74) is 2.78. The van der Waals surface area contributed by atoms with Crippen molar-refractivity contribution in [1.29, 1.82) is 0 Å². The number of sulfone groups is 1. The molecule has 9 heteroatoms. The van der Waals surface area contributed by atoms with Crippen LogP contribution in [0.2, 0.25) is 0 Å². The van der Waals surface area contributed by atoms with Gasteiger partial charge in [-0.1, -0.05) is 6.07 Å². The quantitative estimate of drug-likeness (QED) is 0.694.